The zero-order valence-electron chi connectivity index (χ0n) is 10.5. The second kappa shape index (κ2) is 5.57. The molecule has 1 aromatic heterocycles. The molecule has 0 aliphatic rings. The predicted molar refractivity (Wildman–Crippen MR) is 79.9 cm³/mol. The van der Waals surface area contributed by atoms with Gasteiger partial charge in [-0.3, -0.25) is 0 Å². The van der Waals surface area contributed by atoms with E-state index in [4.69, 9.17) is 33.0 Å². The molecule has 102 valence electrons. The minimum Gasteiger partial charge on any atom is -0.334 e. The average Bonchev–Trinajstić information content (AvgIpc) is 3.00. The molecule has 0 unspecified atom stereocenters. The van der Waals surface area contributed by atoms with E-state index >= 15 is 0 Å². The number of hydrogen-bond donors (Lipinski definition) is 0. The maximum atomic E-state index is 8.90. The van der Waals surface area contributed by atoms with Crippen LogP contribution in [0.3, 0.4) is 0 Å². The minimum atomic E-state index is 0.341. The van der Waals surface area contributed by atoms with Crippen LogP contribution in [0.25, 0.3) is 22.8 Å². The van der Waals surface area contributed by atoms with Crippen molar-refractivity contribution in [2.24, 2.45) is 0 Å². The Labute approximate surface area is 130 Å². The third kappa shape index (κ3) is 2.75. The Morgan fingerprint density at radius 3 is 2.62 bits per heavy atom. The van der Waals surface area contributed by atoms with Crippen molar-refractivity contribution < 1.29 is 4.52 Å². The van der Waals surface area contributed by atoms with Crippen LogP contribution in [-0.4, -0.2) is 10.1 Å². The van der Waals surface area contributed by atoms with Crippen molar-refractivity contribution in [3.05, 3.63) is 58.1 Å². The van der Waals surface area contributed by atoms with Crippen molar-refractivity contribution in [3.63, 3.8) is 0 Å². The maximum Gasteiger partial charge on any atom is 0.258 e. The summed E-state index contributed by atoms with van der Waals surface area (Å²) in [6.45, 7) is 0. The van der Waals surface area contributed by atoms with Crippen molar-refractivity contribution in [1.82, 2.24) is 10.1 Å². The third-order valence-electron chi connectivity index (χ3n) is 2.84. The summed E-state index contributed by atoms with van der Waals surface area (Å²) < 4.78 is 5.23. The first-order chi connectivity index (χ1) is 10.2. The Bertz CT molecular complexity index is 852. The molecular formula is C15H7Cl2N3O. The lowest BCUT2D eigenvalue weighted by atomic mass is 10.1. The molecule has 0 bridgehead atoms. The van der Waals surface area contributed by atoms with Gasteiger partial charge in [0.1, 0.15) is 0 Å². The van der Waals surface area contributed by atoms with E-state index in [9.17, 15) is 0 Å². The number of nitrogens with zero attached hydrogens (tertiary/aromatic N) is 3. The third-order valence-corrected chi connectivity index (χ3v) is 3.58. The zero-order chi connectivity index (χ0) is 14.8. The van der Waals surface area contributed by atoms with Gasteiger partial charge in [0.15, 0.2) is 0 Å². The molecule has 6 heteroatoms. The monoisotopic (exact) mass is 315 g/mol. The summed E-state index contributed by atoms with van der Waals surface area (Å²) in [5, 5.41) is 13.7. The Morgan fingerprint density at radius 1 is 1.00 bits per heavy atom. The van der Waals surface area contributed by atoms with E-state index in [1.807, 2.05) is 0 Å². The van der Waals surface area contributed by atoms with Gasteiger partial charge in [-0.2, -0.15) is 10.2 Å². The van der Waals surface area contributed by atoms with Crippen LogP contribution in [0, 0.1) is 11.3 Å². The molecule has 0 radical (unpaired) electrons. The Hall–Kier alpha value is -2.35. The molecule has 0 atom stereocenters. The van der Waals surface area contributed by atoms with Crippen molar-refractivity contribution in [1.29, 1.82) is 5.26 Å². The summed E-state index contributed by atoms with van der Waals surface area (Å²) >= 11 is 11.8. The molecule has 0 aliphatic carbocycles. The summed E-state index contributed by atoms with van der Waals surface area (Å²) in [6, 6.07) is 14.1. The second-order valence-corrected chi connectivity index (χ2v) is 5.06. The molecule has 4 nitrogen and oxygen atoms in total. The van der Waals surface area contributed by atoms with Gasteiger partial charge in [0.2, 0.25) is 5.82 Å². The van der Waals surface area contributed by atoms with Crippen LogP contribution >= 0.6 is 23.2 Å². The van der Waals surface area contributed by atoms with E-state index < -0.39 is 0 Å². The van der Waals surface area contributed by atoms with E-state index in [0.29, 0.717) is 38.5 Å². The molecule has 0 spiro atoms. The molecule has 0 fully saturated rings. The summed E-state index contributed by atoms with van der Waals surface area (Å²) in [6.07, 6.45) is 0. The van der Waals surface area contributed by atoms with Gasteiger partial charge < -0.3 is 4.52 Å². The number of halogens is 2. The lowest BCUT2D eigenvalue weighted by Crippen LogP contribution is -1.82. The highest BCUT2D eigenvalue weighted by Crippen LogP contribution is 2.28. The normalized spacial score (nSPS) is 10.3. The fourth-order valence-electron chi connectivity index (χ4n) is 1.81. The highest BCUT2D eigenvalue weighted by atomic mass is 35.5. The topological polar surface area (TPSA) is 62.7 Å². The predicted octanol–water partition coefficient (Wildman–Crippen LogP) is 4.58. The van der Waals surface area contributed by atoms with Crippen LogP contribution in [0.1, 0.15) is 5.56 Å². The average molecular weight is 316 g/mol. The second-order valence-electron chi connectivity index (χ2n) is 4.24. The number of hydrogen-bond acceptors (Lipinski definition) is 4. The van der Waals surface area contributed by atoms with E-state index in [2.05, 4.69) is 16.2 Å². The smallest absolute Gasteiger partial charge is 0.258 e. The quantitative estimate of drug-likeness (QED) is 0.694. The molecule has 0 N–H and O–H groups in total. The maximum absolute atomic E-state index is 8.90. The SMILES string of the molecule is N#Cc1cccc(-c2nc(-c3ccc(Cl)c(Cl)c3)no2)c1. The lowest BCUT2D eigenvalue weighted by Gasteiger charge is -1.97. The van der Waals surface area contributed by atoms with Gasteiger partial charge in [0, 0.05) is 11.1 Å². The van der Waals surface area contributed by atoms with Crippen molar-refractivity contribution in [3.8, 4) is 28.9 Å². The van der Waals surface area contributed by atoms with Crippen LogP contribution < -0.4 is 0 Å². The van der Waals surface area contributed by atoms with E-state index in [-0.39, 0.29) is 0 Å². The molecule has 3 aromatic rings. The fourth-order valence-corrected chi connectivity index (χ4v) is 2.11. The van der Waals surface area contributed by atoms with Crippen LogP contribution in [0.4, 0.5) is 0 Å². The Balaban J connectivity index is 1.99. The van der Waals surface area contributed by atoms with Gasteiger partial charge in [0.05, 0.1) is 21.7 Å². The van der Waals surface area contributed by atoms with Gasteiger partial charge >= 0.3 is 0 Å². The molecule has 1 heterocycles. The molecule has 0 saturated heterocycles. The van der Waals surface area contributed by atoms with Crippen molar-refractivity contribution in [2.45, 2.75) is 0 Å². The highest BCUT2D eigenvalue weighted by Gasteiger charge is 2.12. The van der Waals surface area contributed by atoms with Crippen molar-refractivity contribution >= 4 is 23.2 Å². The van der Waals surface area contributed by atoms with Gasteiger partial charge in [0.25, 0.3) is 5.89 Å². The van der Waals surface area contributed by atoms with Crippen LogP contribution in [-0.2, 0) is 0 Å². The zero-order valence-corrected chi connectivity index (χ0v) is 12.1. The molecule has 21 heavy (non-hydrogen) atoms. The van der Waals surface area contributed by atoms with Crippen LogP contribution in [0.15, 0.2) is 47.0 Å². The minimum absolute atomic E-state index is 0.341. The summed E-state index contributed by atoms with van der Waals surface area (Å²) in [7, 11) is 0. The van der Waals surface area contributed by atoms with E-state index in [1.165, 1.54) is 0 Å². The standard InChI is InChI=1S/C15H7Cl2N3O/c16-12-5-4-10(7-13(12)17)14-19-15(21-20-14)11-3-1-2-9(6-11)8-18/h1-7H. The van der Waals surface area contributed by atoms with Gasteiger partial charge in [-0.1, -0.05) is 34.4 Å². The van der Waals surface area contributed by atoms with E-state index in [1.54, 1.807) is 42.5 Å². The van der Waals surface area contributed by atoms with Gasteiger partial charge in [-0.15, -0.1) is 0 Å². The molecule has 0 aliphatic heterocycles. The first-order valence-corrected chi connectivity index (χ1v) is 6.72. The Morgan fingerprint density at radius 2 is 1.86 bits per heavy atom. The number of aromatic nitrogens is 2. The summed E-state index contributed by atoms with van der Waals surface area (Å²) in [5.41, 5.74) is 1.92. The summed E-state index contributed by atoms with van der Waals surface area (Å²) in [5.74, 6) is 0.749. The molecular weight excluding hydrogens is 309 g/mol. The Kier molecular flexibility index (Phi) is 3.61. The number of benzene rings is 2. The molecule has 0 saturated carbocycles. The molecule has 3 rings (SSSR count). The van der Waals surface area contributed by atoms with Crippen LogP contribution in [0.5, 0.6) is 0 Å². The van der Waals surface area contributed by atoms with Crippen LogP contribution in [0.2, 0.25) is 10.0 Å². The largest absolute Gasteiger partial charge is 0.334 e. The molecule has 2 aromatic carbocycles. The summed E-state index contributed by atoms with van der Waals surface area (Å²) in [4.78, 5) is 4.31. The molecule has 0 amide bonds. The fraction of sp³-hybridized carbons (Fsp3) is 0. The first kappa shape index (κ1) is 13.6. The van der Waals surface area contributed by atoms with Gasteiger partial charge in [-0.25, -0.2) is 0 Å². The first-order valence-electron chi connectivity index (χ1n) is 5.97. The highest BCUT2D eigenvalue weighted by molar-refractivity contribution is 6.42. The van der Waals surface area contributed by atoms with Gasteiger partial charge in [-0.05, 0) is 36.4 Å². The van der Waals surface area contributed by atoms with Crippen molar-refractivity contribution in [2.75, 3.05) is 0 Å². The lowest BCUT2D eigenvalue weighted by molar-refractivity contribution is 0.432. The van der Waals surface area contributed by atoms with E-state index in [0.717, 1.165) is 0 Å². The number of rotatable bonds is 2. The number of nitriles is 1.